The minimum atomic E-state index is 0.0296. The van der Waals surface area contributed by atoms with Gasteiger partial charge in [0.2, 0.25) is 0 Å². The van der Waals surface area contributed by atoms with Gasteiger partial charge in [-0.25, -0.2) is 0 Å². The van der Waals surface area contributed by atoms with Crippen LogP contribution in [0.1, 0.15) is 15.9 Å². The Morgan fingerprint density at radius 1 is 1.08 bits per heavy atom. The molecule has 132 valence electrons. The van der Waals surface area contributed by atoms with E-state index in [2.05, 4.69) is 16.0 Å². The Hall–Kier alpha value is -2.60. The number of rotatable bonds is 5. The summed E-state index contributed by atoms with van der Waals surface area (Å²) in [4.78, 5) is 21.1. The molecule has 0 atom stereocenters. The Labute approximate surface area is 148 Å². The van der Waals surface area contributed by atoms with Crippen molar-refractivity contribution in [2.45, 2.75) is 6.54 Å². The lowest BCUT2D eigenvalue weighted by atomic mass is 10.1. The van der Waals surface area contributed by atoms with E-state index in [0.29, 0.717) is 30.2 Å². The van der Waals surface area contributed by atoms with Crippen molar-refractivity contribution in [1.29, 1.82) is 0 Å². The molecule has 25 heavy (non-hydrogen) atoms. The number of hydrogen-bond acceptors (Lipinski definition) is 5. The van der Waals surface area contributed by atoms with Gasteiger partial charge in [0, 0.05) is 50.7 Å². The van der Waals surface area contributed by atoms with Crippen molar-refractivity contribution in [3.8, 4) is 11.5 Å². The SMILES string of the molecule is COc1ccc(C(=O)N2CCN(Cc3cccnc3)CC2)cc1OC. The van der Waals surface area contributed by atoms with Gasteiger partial charge in [0.1, 0.15) is 0 Å². The number of ether oxygens (including phenoxy) is 2. The average molecular weight is 341 g/mol. The Balaban J connectivity index is 1.60. The van der Waals surface area contributed by atoms with Crippen LogP contribution in [0.3, 0.4) is 0 Å². The number of benzene rings is 1. The minimum Gasteiger partial charge on any atom is -0.493 e. The number of methoxy groups -OCH3 is 2. The van der Waals surface area contributed by atoms with Crippen molar-refractivity contribution in [3.63, 3.8) is 0 Å². The molecular weight excluding hydrogens is 318 g/mol. The van der Waals surface area contributed by atoms with Crippen LogP contribution in [0.5, 0.6) is 11.5 Å². The molecule has 0 bridgehead atoms. The first kappa shape index (κ1) is 17.2. The average Bonchev–Trinajstić information content (AvgIpc) is 2.68. The van der Waals surface area contributed by atoms with Crippen LogP contribution in [0, 0.1) is 0 Å². The Morgan fingerprint density at radius 3 is 2.48 bits per heavy atom. The van der Waals surface area contributed by atoms with Crippen molar-refractivity contribution in [2.24, 2.45) is 0 Å². The highest BCUT2D eigenvalue weighted by molar-refractivity contribution is 5.95. The lowest BCUT2D eigenvalue weighted by molar-refractivity contribution is 0.0628. The summed E-state index contributed by atoms with van der Waals surface area (Å²) in [6.07, 6.45) is 3.67. The van der Waals surface area contributed by atoms with Crippen LogP contribution in [-0.4, -0.2) is 61.1 Å². The molecule has 0 unspecified atom stereocenters. The number of hydrogen-bond donors (Lipinski definition) is 0. The summed E-state index contributed by atoms with van der Waals surface area (Å²) >= 11 is 0. The first-order chi connectivity index (χ1) is 12.2. The summed E-state index contributed by atoms with van der Waals surface area (Å²) in [6, 6.07) is 9.32. The normalized spacial score (nSPS) is 15.0. The first-order valence-corrected chi connectivity index (χ1v) is 8.34. The second-order valence-electron chi connectivity index (χ2n) is 6.00. The molecule has 1 fully saturated rings. The van der Waals surface area contributed by atoms with Gasteiger partial charge < -0.3 is 14.4 Å². The molecule has 2 aromatic rings. The van der Waals surface area contributed by atoms with Gasteiger partial charge in [0.05, 0.1) is 14.2 Å². The van der Waals surface area contributed by atoms with Gasteiger partial charge in [0.25, 0.3) is 5.91 Å². The molecule has 0 aliphatic carbocycles. The van der Waals surface area contributed by atoms with Gasteiger partial charge in [-0.2, -0.15) is 0 Å². The van der Waals surface area contributed by atoms with Gasteiger partial charge >= 0.3 is 0 Å². The predicted molar refractivity (Wildman–Crippen MR) is 95.0 cm³/mol. The molecule has 1 amide bonds. The summed E-state index contributed by atoms with van der Waals surface area (Å²) in [5.41, 5.74) is 1.82. The van der Waals surface area contributed by atoms with Crippen LogP contribution in [0.15, 0.2) is 42.7 Å². The molecule has 3 rings (SSSR count). The maximum atomic E-state index is 12.7. The van der Waals surface area contributed by atoms with Crippen molar-refractivity contribution in [1.82, 2.24) is 14.8 Å². The van der Waals surface area contributed by atoms with Crippen LogP contribution in [-0.2, 0) is 6.54 Å². The zero-order chi connectivity index (χ0) is 17.6. The first-order valence-electron chi connectivity index (χ1n) is 8.34. The molecule has 1 aromatic heterocycles. The molecule has 1 aliphatic rings. The topological polar surface area (TPSA) is 54.9 Å². The molecule has 0 N–H and O–H groups in total. The lowest BCUT2D eigenvalue weighted by Crippen LogP contribution is -2.48. The highest BCUT2D eigenvalue weighted by Gasteiger charge is 2.23. The standard InChI is InChI=1S/C19H23N3O3/c1-24-17-6-5-16(12-18(17)25-2)19(23)22-10-8-21(9-11-22)14-15-4-3-7-20-13-15/h3-7,12-13H,8-11,14H2,1-2H3. The molecule has 1 saturated heterocycles. The Bertz CT molecular complexity index is 713. The fourth-order valence-electron chi connectivity index (χ4n) is 3.01. The molecular formula is C19H23N3O3. The van der Waals surface area contributed by atoms with Gasteiger partial charge in [-0.3, -0.25) is 14.7 Å². The monoisotopic (exact) mass is 341 g/mol. The van der Waals surface area contributed by atoms with Crippen LogP contribution in [0.25, 0.3) is 0 Å². The largest absolute Gasteiger partial charge is 0.493 e. The van der Waals surface area contributed by atoms with Crippen molar-refractivity contribution < 1.29 is 14.3 Å². The highest BCUT2D eigenvalue weighted by Crippen LogP contribution is 2.28. The Morgan fingerprint density at radius 2 is 1.84 bits per heavy atom. The van der Waals surface area contributed by atoms with Gasteiger partial charge in [-0.15, -0.1) is 0 Å². The number of amides is 1. The summed E-state index contributed by atoms with van der Waals surface area (Å²) in [7, 11) is 3.16. The fraction of sp³-hybridized carbons (Fsp3) is 0.368. The van der Waals surface area contributed by atoms with Gasteiger partial charge in [0.15, 0.2) is 11.5 Å². The smallest absolute Gasteiger partial charge is 0.254 e. The summed E-state index contributed by atoms with van der Waals surface area (Å²) < 4.78 is 10.5. The third kappa shape index (κ3) is 4.09. The number of aromatic nitrogens is 1. The molecule has 1 aliphatic heterocycles. The highest BCUT2D eigenvalue weighted by atomic mass is 16.5. The second-order valence-corrected chi connectivity index (χ2v) is 6.00. The van der Waals surface area contributed by atoms with Crippen LogP contribution in [0.2, 0.25) is 0 Å². The zero-order valence-electron chi connectivity index (χ0n) is 14.6. The summed E-state index contributed by atoms with van der Waals surface area (Å²) in [5.74, 6) is 1.23. The third-order valence-electron chi connectivity index (χ3n) is 4.42. The van der Waals surface area contributed by atoms with E-state index in [0.717, 1.165) is 19.6 Å². The predicted octanol–water partition coefficient (Wildman–Crippen LogP) is 2.06. The van der Waals surface area contributed by atoms with E-state index in [4.69, 9.17) is 9.47 Å². The van der Waals surface area contributed by atoms with Crippen LogP contribution in [0.4, 0.5) is 0 Å². The van der Waals surface area contributed by atoms with E-state index in [-0.39, 0.29) is 5.91 Å². The van der Waals surface area contributed by atoms with E-state index in [1.165, 1.54) is 5.56 Å². The maximum absolute atomic E-state index is 12.7. The second kappa shape index (κ2) is 7.98. The molecule has 0 spiro atoms. The van der Waals surface area contributed by atoms with Crippen molar-refractivity contribution in [2.75, 3.05) is 40.4 Å². The quantitative estimate of drug-likeness (QED) is 0.833. The number of nitrogens with zero attached hydrogens (tertiary/aromatic N) is 3. The number of carbonyl (C=O) groups excluding carboxylic acids is 1. The number of pyridine rings is 1. The molecule has 0 saturated carbocycles. The molecule has 2 heterocycles. The minimum absolute atomic E-state index is 0.0296. The van der Waals surface area contributed by atoms with Crippen molar-refractivity contribution >= 4 is 5.91 Å². The van der Waals surface area contributed by atoms with E-state index in [1.54, 1.807) is 38.6 Å². The van der Waals surface area contributed by atoms with Gasteiger partial charge in [-0.05, 0) is 29.8 Å². The van der Waals surface area contributed by atoms with Crippen LogP contribution >= 0.6 is 0 Å². The fourth-order valence-corrected chi connectivity index (χ4v) is 3.01. The van der Waals surface area contributed by atoms with E-state index >= 15 is 0 Å². The van der Waals surface area contributed by atoms with E-state index in [9.17, 15) is 4.79 Å². The Kier molecular flexibility index (Phi) is 5.50. The summed E-state index contributed by atoms with van der Waals surface area (Å²) in [5, 5.41) is 0. The molecule has 6 heteroatoms. The molecule has 6 nitrogen and oxygen atoms in total. The van der Waals surface area contributed by atoms with E-state index in [1.807, 2.05) is 17.2 Å². The van der Waals surface area contributed by atoms with E-state index < -0.39 is 0 Å². The maximum Gasteiger partial charge on any atom is 0.254 e. The van der Waals surface area contributed by atoms with Crippen molar-refractivity contribution in [3.05, 3.63) is 53.9 Å². The lowest BCUT2D eigenvalue weighted by Gasteiger charge is -2.34. The molecule has 1 aromatic carbocycles. The zero-order valence-corrected chi connectivity index (χ0v) is 14.6. The third-order valence-corrected chi connectivity index (χ3v) is 4.42. The molecule has 0 radical (unpaired) electrons. The number of piperazine rings is 1. The van der Waals surface area contributed by atoms with Gasteiger partial charge in [-0.1, -0.05) is 6.07 Å². The van der Waals surface area contributed by atoms with Crippen LogP contribution < -0.4 is 9.47 Å². The summed E-state index contributed by atoms with van der Waals surface area (Å²) in [6.45, 7) is 4.01. The number of carbonyl (C=O) groups is 1.